The Morgan fingerprint density at radius 1 is 1.55 bits per heavy atom. The fourth-order valence-electron chi connectivity index (χ4n) is 2.79. The molecular formula is C16H22ClN3OS. The molecule has 0 aromatic heterocycles. The first-order valence-corrected chi connectivity index (χ1v) is 8.20. The molecule has 0 bridgehead atoms. The summed E-state index contributed by atoms with van der Waals surface area (Å²) in [7, 11) is 0. The summed E-state index contributed by atoms with van der Waals surface area (Å²) in [5.74, 6) is -0.0397. The molecule has 0 radical (unpaired) electrons. The monoisotopic (exact) mass is 339 g/mol. The van der Waals surface area contributed by atoms with E-state index < -0.39 is 0 Å². The molecule has 1 aromatic rings. The standard InChI is InChI=1S/C16H22ClN3OS/c1-11-10-16(2,3)19-15(22)20(11)8-7-14(21)18-13-6-4-5-12(17)9-13/h4-6,9,11H,7-8,10H2,1-3H3,(H,18,21)(H,19,22). The highest BCUT2D eigenvalue weighted by atomic mass is 35.5. The summed E-state index contributed by atoms with van der Waals surface area (Å²) in [6.45, 7) is 7.03. The van der Waals surface area contributed by atoms with Crippen LogP contribution in [0, 0.1) is 0 Å². The van der Waals surface area contributed by atoms with Crippen molar-refractivity contribution in [3.8, 4) is 0 Å². The Hall–Kier alpha value is -1.33. The maximum Gasteiger partial charge on any atom is 0.226 e. The third-order valence-electron chi connectivity index (χ3n) is 3.73. The van der Waals surface area contributed by atoms with E-state index in [1.54, 1.807) is 12.1 Å². The van der Waals surface area contributed by atoms with Gasteiger partial charge < -0.3 is 15.5 Å². The van der Waals surface area contributed by atoms with Gasteiger partial charge in [0.2, 0.25) is 5.91 Å². The molecule has 2 rings (SSSR count). The van der Waals surface area contributed by atoms with Crippen LogP contribution in [0.3, 0.4) is 0 Å². The molecule has 22 heavy (non-hydrogen) atoms. The molecular weight excluding hydrogens is 318 g/mol. The molecule has 1 amide bonds. The van der Waals surface area contributed by atoms with E-state index in [-0.39, 0.29) is 11.4 Å². The minimum absolute atomic E-state index is 0.00997. The van der Waals surface area contributed by atoms with E-state index in [0.29, 0.717) is 29.7 Å². The summed E-state index contributed by atoms with van der Waals surface area (Å²) in [5, 5.41) is 7.51. The van der Waals surface area contributed by atoms with Gasteiger partial charge in [-0.2, -0.15) is 0 Å². The average molecular weight is 340 g/mol. The molecule has 2 N–H and O–H groups in total. The molecule has 1 aliphatic heterocycles. The van der Waals surface area contributed by atoms with Crippen molar-refractivity contribution in [1.82, 2.24) is 10.2 Å². The van der Waals surface area contributed by atoms with Crippen LogP contribution in [0.15, 0.2) is 24.3 Å². The molecule has 1 aliphatic rings. The zero-order chi connectivity index (χ0) is 16.3. The lowest BCUT2D eigenvalue weighted by Crippen LogP contribution is -2.60. The van der Waals surface area contributed by atoms with Crippen molar-refractivity contribution in [2.45, 2.75) is 45.2 Å². The van der Waals surface area contributed by atoms with Crippen molar-refractivity contribution in [2.24, 2.45) is 0 Å². The summed E-state index contributed by atoms with van der Waals surface area (Å²) in [4.78, 5) is 14.1. The first-order chi connectivity index (χ1) is 10.3. The highest BCUT2D eigenvalue weighted by molar-refractivity contribution is 7.80. The average Bonchev–Trinajstić information content (AvgIpc) is 2.36. The van der Waals surface area contributed by atoms with Crippen molar-refractivity contribution < 1.29 is 4.79 Å². The van der Waals surface area contributed by atoms with Crippen LogP contribution in [0.25, 0.3) is 0 Å². The van der Waals surface area contributed by atoms with Crippen LogP contribution < -0.4 is 10.6 Å². The first-order valence-electron chi connectivity index (χ1n) is 7.41. The van der Waals surface area contributed by atoms with Crippen LogP contribution in [0.4, 0.5) is 5.69 Å². The fraction of sp³-hybridized carbons (Fsp3) is 0.500. The topological polar surface area (TPSA) is 44.4 Å². The summed E-state index contributed by atoms with van der Waals surface area (Å²) < 4.78 is 0. The summed E-state index contributed by atoms with van der Waals surface area (Å²) in [5.41, 5.74) is 0.724. The van der Waals surface area contributed by atoms with E-state index in [2.05, 4.69) is 36.3 Å². The Morgan fingerprint density at radius 3 is 2.91 bits per heavy atom. The molecule has 1 atom stereocenters. The van der Waals surface area contributed by atoms with Crippen molar-refractivity contribution in [2.75, 3.05) is 11.9 Å². The van der Waals surface area contributed by atoms with Crippen molar-refractivity contribution >= 4 is 40.5 Å². The van der Waals surface area contributed by atoms with Gasteiger partial charge in [0.05, 0.1) is 0 Å². The van der Waals surface area contributed by atoms with E-state index in [0.717, 1.165) is 11.5 Å². The van der Waals surface area contributed by atoms with E-state index in [9.17, 15) is 4.79 Å². The number of anilines is 1. The minimum atomic E-state index is -0.0397. The highest BCUT2D eigenvalue weighted by Gasteiger charge is 2.32. The van der Waals surface area contributed by atoms with Gasteiger partial charge in [0, 0.05) is 35.3 Å². The third kappa shape index (κ3) is 4.58. The minimum Gasteiger partial charge on any atom is -0.358 e. The lowest BCUT2D eigenvalue weighted by atomic mass is 9.93. The van der Waals surface area contributed by atoms with Crippen LogP contribution >= 0.6 is 23.8 Å². The number of carbonyl (C=O) groups is 1. The predicted molar refractivity (Wildman–Crippen MR) is 95.3 cm³/mol. The van der Waals surface area contributed by atoms with Crippen LogP contribution in [0.2, 0.25) is 5.02 Å². The fourth-order valence-corrected chi connectivity index (χ4v) is 3.53. The van der Waals surface area contributed by atoms with E-state index in [1.165, 1.54) is 0 Å². The van der Waals surface area contributed by atoms with Crippen LogP contribution in [-0.4, -0.2) is 34.0 Å². The van der Waals surface area contributed by atoms with Crippen LogP contribution in [0.1, 0.15) is 33.6 Å². The smallest absolute Gasteiger partial charge is 0.226 e. The molecule has 1 saturated heterocycles. The Labute approximate surface area is 142 Å². The normalized spacial score (nSPS) is 20.5. The van der Waals surface area contributed by atoms with Gasteiger partial charge >= 0.3 is 0 Å². The Balaban J connectivity index is 1.87. The third-order valence-corrected chi connectivity index (χ3v) is 4.30. The lowest BCUT2D eigenvalue weighted by Gasteiger charge is -2.44. The van der Waals surface area contributed by atoms with Crippen LogP contribution in [-0.2, 0) is 4.79 Å². The zero-order valence-electron chi connectivity index (χ0n) is 13.1. The van der Waals surface area contributed by atoms with Gasteiger partial charge in [-0.05, 0) is 57.6 Å². The van der Waals surface area contributed by atoms with E-state index in [4.69, 9.17) is 23.8 Å². The molecule has 6 heteroatoms. The Bertz CT molecular complexity index is 576. The molecule has 1 unspecified atom stereocenters. The maximum atomic E-state index is 12.1. The summed E-state index contributed by atoms with van der Waals surface area (Å²) >= 11 is 11.3. The number of thiocarbonyl (C=S) groups is 1. The second-order valence-corrected chi connectivity index (χ2v) is 7.19. The molecule has 1 heterocycles. The van der Waals surface area contributed by atoms with Gasteiger partial charge in [0.1, 0.15) is 0 Å². The van der Waals surface area contributed by atoms with Gasteiger partial charge in [0.25, 0.3) is 0 Å². The summed E-state index contributed by atoms with van der Waals surface area (Å²) in [6.07, 6.45) is 1.38. The quantitative estimate of drug-likeness (QED) is 0.825. The van der Waals surface area contributed by atoms with E-state index >= 15 is 0 Å². The highest BCUT2D eigenvalue weighted by Crippen LogP contribution is 2.22. The number of halogens is 1. The number of rotatable bonds is 4. The zero-order valence-corrected chi connectivity index (χ0v) is 14.7. The van der Waals surface area contributed by atoms with Crippen molar-refractivity contribution in [1.29, 1.82) is 0 Å². The molecule has 1 fully saturated rings. The summed E-state index contributed by atoms with van der Waals surface area (Å²) in [6, 6.07) is 7.46. The molecule has 0 aliphatic carbocycles. The lowest BCUT2D eigenvalue weighted by molar-refractivity contribution is -0.116. The number of carbonyl (C=O) groups excluding carboxylic acids is 1. The second kappa shape index (κ2) is 6.84. The Kier molecular flexibility index (Phi) is 5.29. The number of nitrogens with one attached hydrogen (secondary N) is 2. The molecule has 4 nitrogen and oxygen atoms in total. The largest absolute Gasteiger partial charge is 0.358 e. The first kappa shape index (κ1) is 17.0. The van der Waals surface area contributed by atoms with Gasteiger partial charge in [0.15, 0.2) is 5.11 Å². The number of amides is 1. The number of hydrogen-bond acceptors (Lipinski definition) is 2. The molecule has 1 aromatic carbocycles. The van der Waals surface area contributed by atoms with Gasteiger partial charge in [-0.3, -0.25) is 4.79 Å². The maximum absolute atomic E-state index is 12.1. The number of nitrogens with zero attached hydrogens (tertiary/aromatic N) is 1. The van der Waals surface area contributed by atoms with Gasteiger partial charge in [-0.15, -0.1) is 0 Å². The van der Waals surface area contributed by atoms with E-state index in [1.807, 2.05) is 12.1 Å². The number of benzene rings is 1. The molecule has 0 spiro atoms. The molecule has 120 valence electrons. The SMILES string of the molecule is CC1CC(C)(C)NC(=S)N1CCC(=O)Nc1cccc(Cl)c1. The van der Waals surface area contributed by atoms with Crippen molar-refractivity contribution in [3.63, 3.8) is 0 Å². The second-order valence-electron chi connectivity index (χ2n) is 6.37. The van der Waals surface area contributed by atoms with Crippen LogP contribution in [0.5, 0.6) is 0 Å². The van der Waals surface area contributed by atoms with Gasteiger partial charge in [-0.25, -0.2) is 0 Å². The molecule has 0 saturated carbocycles. The predicted octanol–water partition coefficient (Wildman–Crippen LogP) is 3.42. The van der Waals surface area contributed by atoms with Crippen molar-refractivity contribution in [3.05, 3.63) is 29.3 Å². The number of hydrogen-bond donors (Lipinski definition) is 2. The van der Waals surface area contributed by atoms with Gasteiger partial charge in [-0.1, -0.05) is 17.7 Å². The Morgan fingerprint density at radius 2 is 2.27 bits per heavy atom.